The number of hydrogen-bond donors (Lipinski definition) is 2. The van der Waals surface area contributed by atoms with Crippen LogP contribution in [0.3, 0.4) is 0 Å². The molecule has 4 rings (SSSR count). The fraction of sp³-hybridized carbons (Fsp3) is 0.269. The highest BCUT2D eigenvalue weighted by molar-refractivity contribution is 7.98. The van der Waals surface area contributed by atoms with E-state index < -0.39 is 16.8 Å². The first-order chi connectivity index (χ1) is 17.2. The van der Waals surface area contributed by atoms with Crippen LogP contribution in [0.25, 0.3) is 0 Å². The number of esters is 1. The summed E-state index contributed by atoms with van der Waals surface area (Å²) < 4.78 is 5.05. The number of H-pyrrole nitrogens is 1. The average Bonchev–Trinajstić information content (AvgIpc) is 2.86. The summed E-state index contributed by atoms with van der Waals surface area (Å²) in [5.74, 6) is 0.0341. The summed E-state index contributed by atoms with van der Waals surface area (Å²) >= 11 is 1.31. The molecule has 2 aromatic carbocycles. The molecule has 2 N–H and O–H groups in total. The summed E-state index contributed by atoms with van der Waals surface area (Å²) in [4.78, 5) is 44.0. The number of aromatic amines is 1. The number of benzene rings is 2. The minimum atomic E-state index is -0.639. The highest BCUT2D eigenvalue weighted by Gasteiger charge is 2.36. The van der Waals surface area contributed by atoms with Crippen LogP contribution in [0.1, 0.15) is 54.9 Å². The number of hydrogen-bond acceptors (Lipinski definition) is 8. The van der Waals surface area contributed by atoms with Crippen molar-refractivity contribution in [3.05, 3.63) is 103 Å². The molecule has 0 aliphatic carbocycles. The van der Waals surface area contributed by atoms with Crippen LogP contribution in [0.4, 0.5) is 11.5 Å². The topological polar surface area (TPSA) is 127 Å². The van der Waals surface area contributed by atoms with Crippen molar-refractivity contribution in [2.24, 2.45) is 0 Å². The van der Waals surface area contributed by atoms with Gasteiger partial charge < -0.3 is 15.0 Å². The number of fused-ring (bicyclic) bond motifs is 1. The zero-order chi connectivity index (χ0) is 26.0. The largest absolute Gasteiger partial charge is 0.466 e. The van der Waals surface area contributed by atoms with Crippen LogP contribution in [0.5, 0.6) is 0 Å². The quantitative estimate of drug-likeness (QED) is 0.149. The molecule has 2 heterocycles. The Bertz CT molecular complexity index is 1400. The molecule has 0 saturated heterocycles. The number of thioether (sulfide) groups is 1. The van der Waals surface area contributed by atoms with Crippen LogP contribution in [-0.2, 0) is 15.3 Å². The summed E-state index contributed by atoms with van der Waals surface area (Å²) in [7, 11) is 1.32. The molecule has 10 heteroatoms. The maximum absolute atomic E-state index is 13.3. The van der Waals surface area contributed by atoms with Gasteiger partial charge in [-0.3, -0.25) is 14.9 Å². The molecule has 9 nitrogen and oxygen atoms in total. The number of non-ortho nitro benzene ring substituents is 1. The van der Waals surface area contributed by atoms with E-state index in [1.807, 2.05) is 24.3 Å². The molecule has 186 valence electrons. The maximum Gasteiger partial charge on any atom is 0.336 e. The molecule has 0 bridgehead atoms. The third kappa shape index (κ3) is 5.03. The van der Waals surface area contributed by atoms with Gasteiger partial charge in [-0.25, -0.2) is 9.78 Å². The van der Waals surface area contributed by atoms with E-state index in [1.54, 1.807) is 19.1 Å². The Hall–Kier alpha value is -3.92. The Balaban J connectivity index is 1.70. The number of nitro groups is 1. The van der Waals surface area contributed by atoms with Gasteiger partial charge in [0.2, 0.25) is 0 Å². The van der Waals surface area contributed by atoms with Gasteiger partial charge >= 0.3 is 5.97 Å². The fourth-order valence-corrected chi connectivity index (χ4v) is 4.97. The maximum atomic E-state index is 13.3. The van der Waals surface area contributed by atoms with E-state index in [4.69, 9.17) is 4.74 Å². The van der Waals surface area contributed by atoms with E-state index in [2.05, 4.69) is 29.1 Å². The number of methoxy groups -OCH3 is 1. The lowest BCUT2D eigenvalue weighted by Crippen LogP contribution is -2.31. The van der Waals surface area contributed by atoms with Gasteiger partial charge in [0.1, 0.15) is 5.82 Å². The van der Waals surface area contributed by atoms with Crippen molar-refractivity contribution in [2.75, 3.05) is 12.4 Å². The van der Waals surface area contributed by atoms with E-state index in [-0.39, 0.29) is 11.2 Å². The second kappa shape index (κ2) is 10.4. The Labute approximate surface area is 212 Å². The van der Waals surface area contributed by atoms with Crippen molar-refractivity contribution in [2.45, 2.75) is 43.5 Å². The number of allylic oxidation sites excluding steroid dienone is 1. The number of rotatable bonds is 7. The van der Waals surface area contributed by atoms with Gasteiger partial charge in [0.25, 0.3) is 11.2 Å². The lowest BCUT2D eigenvalue weighted by Gasteiger charge is -2.28. The third-order valence-corrected chi connectivity index (χ3v) is 7.03. The van der Waals surface area contributed by atoms with Crippen molar-refractivity contribution in [1.82, 2.24) is 9.97 Å². The van der Waals surface area contributed by atoms with Crippen LogP contribution in [0, 0.1) is 10.1 Å². The normalized spacial score (nSPS) is 14.9. The number of carbonyl (C=O) groups excluding carboxylic acids is 1. The Kier molecular flexibility index (Phi) is 7.25. The lowest BCUT2D eigenvalue weighted by molar-refractivity contribution is -0.384. The number of nitrogens with one attached hydrogen (secondary N) is 2. The second-order valence-electron chi connectivity index (χ2n) is 8.76. The van der Waals surface area contributed by atoms with Crippen LogP contribution in [0.15, 0.2) is 69.8 Å². The lowest BCUT2D eigenvalue weighted by atomic mass is 9.82. The van der Waals surface area contributed by atoms with Crippen molar-refractivity contribution < 1.29 is 14.5 Å². The van der Waals surface area contributed by atoms with Crippen molar-refractivity contribution in [3.8, 4) is 0 Å². The number of nitro benzene ring substituents is 1. The molecule has 1 aromatic heterocycles. The molecule has 0 fully saturated rings. The second-order valence-corrected chi connectivity index (χ2v) is 9.72. The van der Waals surface area contributed by atoms with Gasteiger partial charge in [0.05, 0.1) is 29.1 Å². The monoisotopic (exact) mass is 506 g/mol. The molecule has 1 aliphatic heterocycles. The zero-order valence-electron chi connectivity index (χ0n) is 20.3. The molecular weight excluding hydrogens is 480 g/mol. The van der Waals surface area contributed by atoms with Crippen LogP contribution < -0.4 is 10.9 Å². The number of ether oxygens (including phenoxy) is 1. The molecule has 1 aliphatic rings. The molecule has 0 amide bonds. The van der Waals surface area contributed by atoms with E-state index in [0.29, 0.717) is 39.5 Å². The van der Waals surface area contributed by atoms with E-state index >= 15 is 0 Å². The molecule has 1 unspecified atom stereocenters. The van der Waals surface area contributed by atoms with Gasteiger partial charge in [-0.15, -0.1) is 0 Å². The highest BCUT2D eigenvalue weighted by Crippen LogP contribution is 2.40. The molecule has 0 saturated carbocycles. The van der Waals surface area contributed by atoms with Gasteiger partial charge in [0.15, 0.2) is 5.16 Å². The molecule has 0 radical (unpaired) electrons. The molecular formula is C26H26N4O5S. The van der Waals surface area contributed by atoms with E-state index in [1.165, 1.54) is 31.0 Å². The summed E-state index contributed by atoms with van der Waals surface area (Å²) in [5, 5.41) is 14.4. The van der Waals surface area contributed by atoms with E-state index in [0.717, 1.165) is 16.7 Å². The summed E-state index contributed by atoms with van der Waals surface area (Å²) in [6, 6.07) is 14.1. The summed E-state index contributed by atoms with van der Waals surface area (Å²) in [5.41, 5.74) is 3.73. The fourth-order valence-electron chi connectivity index (χ4n) is 4.15. The SMILES string of the molecule is COC(=O)C1=C(C)Nc2nc(SCc3ccc([N+](=O)[O-])cc3)[nH]c(=O)c2C1c1ccc(C(C)C)cc1. The minimum absolute atomic E-state index is 0.0180. The number of carbonyl (C=O) groups is 1. The molecule has 0 spiro atoms. The van der Waals surface area contributed by atoms with Crippen molar-refractivity contribution >= 4 is 29.2 Å². The predicted octanol–water partition coefficient (Wildman–Crippen LogP) is 5.10. The Morgan fingerprint density at radius 1 is 1.17 bits per heavy atom. The van der Waals surface area contributed by atoms with Crippen LogP contribution in [0.2, 0.25) is 0 Å². The van der Waals surface area contributed by atoms with Gasteiger partial charge in [0, 0.05) is 23.6 Å². The summed E-state index contributed by atoms with van der Waals surface area (Å²) in [6.07, 6.45) is 0. The van der Waals surface area contributed by atoms with Crippen molar-refractivity contribution in [3.63, 3.8) is 0 Å². The third-order valence-electron chi connectivity index (χ3n) is 6.09. The highest BCUT2D eigenvalue weighted by atomic mass is 32.2. The van der Waals surface area contributed by atoms with Gasteiger partial charge in [-0.2, -0.15) is 0 Å². The smallest absolute Gasteiger partial charge is 0.336 e. The average molecular weight is 507 g/mol. The van der Waals surface area contributed by atoms with Crippen molar-refractivity contribution in [1.29, 1.82) is 0 Å². The molecule has 36 heavy (non-hydrogen) atoms. The number of nitrogens with zero attached hydrogens (tertiary/aromatic N) is 2. The summed E-state index contributed by atoms with van der Waals surface area (Å²) in [6.45, 7) is 5.96. The first kappa shape index (κ1) is 25.2. The van der Waals surface area contributed by atoms with Gasteiger partial charge in [-0.1, -0.05) is 62.0 Å². The Morgan fingerprint density at radius 2 is 1.83 bits per heavy atom. The number of aromatic nitrogens is 2. The minimum Gasteiger partial charge on any atom is -0.466 e. The first-order valence-electron chi connectivity index (χ1n) is 11.4. The Morgan fingerprint density at radius 3 is 2.42 bits per heavy atom. The first-order valence-corrected chi connectivity index (χ1v) is 12.3. The van der Waals surface area contributed by atoms with Crippen LogP contribution in [-0.4, -0.2) is 28.0 Å². The standard InChI is InChI=1S/C26H26N4O5S/c1-14(2)17-7-9-18(10-8-17)21-20(25(32)35-4)15(3)27-23-22(21)24(31)29-26(28-23)36-13-16-5-11-19(12-6-16)30(33)34/h5-12,14,21H,13H2,1-4H3,(H2,27,28,29,31). The molecule has 3 aromatic rings. The predicted molar refractivity (Wildman–Crippen MR) is 138 cm³/mol. The number of anilines is 1. The van der Waals surface area contributed by atoms with Gasteiger partial charge in [-0.05, 0) is 29.5 Å². The van der Waals surface area contributed by atoms with Crippen LogP contribution >= 0.6 is 11.8 Å². The zero-order valence-corrected chi connectivity index (χ0v) is 21.1. The van der Waals surface area contributed by atoms with E-state index in [9.17, 15) is 19.7 Å². The molecule has 1 atom stereocenters.